The Kier molecular flexibility index (Phi) is 62.2. The first kappa shape index (κ1) is 73.6. The third kappa shape index (κ3) is 63.3. The van der Waals surface area contributed by atoms with Crippen LogP contribution in [0, 0.1) is 0 Å². The minimum Gasteiger partial charge on any atom is -0.462 e. The zero-order valence-corrected chi connectivity index (χ0v) is 51.0. The smallest absolute Gasteiger partial charge is 0.306 e. The van der Waals surface area contributed by atoms with E-state index in [0.717, 1.165) is 116 Å². The fraction of sp³-hybridized carbons (Fsp3) is 0.761. The van der Waals surface area contributed by atoms with E-state index in [2.05, 4.69) is 106 Å². The number of esters is 3. The Bertz CT molecular complexity index is 1470. The van der Waals surface area contributed by atoms with Gasteiger partial charge in [0.2, 0.25) is 0 Å². The summed E-state index contributed by atoms with van der Waals surface area (Å²) in [5.41, 5.74) is 0. The van der Waals surface area contributed by atoms with E-state index in [1.165, 1.54) is 173 Å². The van der Waals surface area contributed by atoms with E-state index in [9.17, 15) is 14.4 Å². The van der Waals surface area contributed by atoms with Gasteiger partial charge in [-0.15, -0.1) is 0 Å². The lowest BCUT2D eigenvalue weighted by atomic mass is 10.0. The molecule has 0 aromatic rings. The van der Waals surface area contributed by atoms with E-state index >= 15 is 0 Å². The number of carbonyl (C=O) groups excluding carboxylic acids is 3. The average Bonchev–Trinajstić information content (AvgIpc) is 3.43. The largest absolute Gasteiger partial charge is 0.462 e. The number of allylic oxidation sites excluding steroid dienone is 14. The first-order valence-electron chi connectivity index (χ1n) is 33.1. The summed E-state index contributed by atoms with van der Waals surface area (Å²) in [6.07, 6.45) is 85.9. The molecule has 0 heterocycles. The number of hydrogen-bond donors (Lipinski definition) is 0. The van der Waals surface area contributed by atoms with Crippen molar-refractivity contribution in [2.75, 3.05) is 13.2 Å². The minimum atomic E-state index is -0.787. The molecule has 0 saturated carbocycles. The van der Waals surface area contributed by atoms with E-state index in [-0.39, 0.29) is 31.1 Å². The van der Waals surface area contributed by atoms with E-state index in [4.69, 9.17) is 14.2 Å². The van der Waals surface area contributed by atoms with Gasteiger partial charge in [0.1, 0.15) is 13.2 Å². The molecule has 444 valence electrons. The van der Waals surface area contributed by atoms with Crippen LogP contribution in [0.1, 0.15) is 329 Å². The molecule has 1 atom stereocenters. The summed E-state index contributed by atoms with van der Waals surface area (Å²) >= 11 is 0. The molecule has 0 aliphatic rings. The van der Waals surface area contributed by atoms with Crippen molar-refractivity contribution in [1.29, 1.82) is 0 Å². The second-order valence-corrected chi connectivity index (χ2v) is 22.0. The molecule has 0 rings (SSSR count). The summed E-state index contributed by atoms with van der Waals surface area (Å²) in [6.45, 7) is 6.54. The molecule has 0 radical (unpaired) electrons. The third-order valence-corrected chi connectivity index (χ3v) is 14.4. The van der Waals surface area contributed by atoms with Crippen molar-refractivity contribution in [1.82, 2.24) is 0 Å². The predicted molar refractivity (Wildman–Crippen MR) is 334 cm³/mol. The highest BCUT2D eigenvalue weighted by molar-refractivity contribution is 5.71. The quantitative estimate of drug-likeness (QED) is 0.0261. The van der Waals surface area contributed by atoms with Crippen molar-refractivity contribution >= 4 is 17.9 Å². The molecule has 0 bridgehead atoms. The van der Waals surface area contributed by atoms with Crippen LogP contribution in [-0.2, 0) is 28.6 Å². The molecule has 6 nitrogen and oxygen atoms in total. The Labute approximate surface area is 477 Å². The van der Waals surface area contributed by atoms with Gasteiger partial charge in [0.05, 0.1) is 0 Å². The summed E-state index contributed by atoms with van der Waals surface area (Å²) in [5, 5.41) is 0. The Balaban J connectivity index is 4.33. The van der Waals surface area contributed by atoms with Crippen molar-refractivity contribution < 1.29 is 28.6 Å². The molecule has 0 aromatic carbocycles. The first-order chi connectivity index (χ1) is 38.0. The predicted octanol–water partition coefficient (Wildman–Crippen LogP) is 22.7. The molecule has 0 N–H and O–H groups in total. The maximum Gasteiger partial charge on any atom is 0.306 e. The summed E-state index contributed by atoms with van der Waals surface area (Å²) < 4.78 is 16.9. The van der Waals surface area contributed by atoms with Crippen LogP contribution in [-0.4, -0.2) is 37.2 Å². The van der Waals surface area contributed by atoms with Gasteiger partial charge in [-0.2, -0.15) is 0 Å². The van der Waals surface area contributed by atoms with Crippen molar-refractivity contribution in [2.45, 2.75) is 335 Å². The Morgan fingerprint density at radius 1 is 0.273 bits per heavy atom. The molecule has 1 unspecified atom stereocenters. The fourth-order valence-electron chi connectivity index (χ4n) is 9.44. The van der Waals surface area contributed by atoms with Crippen molar-refractivity contribution in [3.8, 4) is 0 Å². The lowest BCUT2D eigenvalue weighted by Crippen LogP contribution is -2.30. The van der Waals surface area contributed by atoms with Crippen molar-refractivity contribution in [2.24, 2.45) is 0 Å². The summed E-state index contributed by atoms with van der Waals surface area (Å²) in [7, 11) is 0. The summed E-state index contributed by atoms with van der Waals surface area (Å²) in [6, 6.07) is 0. The second kappa shape index (κ2) is 65.1. The van der Waals surface area contributed by atoms with Crippen LogP contribution in [0.15, 0.2) is 85.1 Å². The highest BCUT2D eigenvalue weighted by Gasteiger charge is 2.19. The van der Waals surface area contributed by atoms with Gasteiger partial charge in [-0.1, -0.05) is 298 Å². The zero-order valence-electron chi connectivity index (χ0n) is 51.0. The SMILES string of the molecule is CC/C=C\C/C=C\C/C=C\C/C=C\C/C=C\CCCCCCCC(=O)OC(COC(=O)CCCCCCCCCCCCCCC)COC(=O)CCCCCCCCCCCCCCC/C=C\C/C=C\CCCCCCC. The normalized spacial score (nSPS) is 12.6. The Morgan fingerprint density at radius 3 is 0.792 bits per heavy atom. The minimum absolute atomic E-state index is 0.0816. The number of ether oxygens (including phenoxy) is 3. The number of rotatable bonds is 60. The number of carbonyl (C=O) groups is 3. The van der Waals surface area contributed by atoms with Crippen molar-refractivity contribution in [3.63, 3.8) is 0 Å². The third-order valence-electron chi connectivity index (χ3n) is 14.4. The van der Waals surface area contributed by atoms with Gasteiger partial charge in [-0.05, 0) is 96.3 Å². The van der Waals surface area contributed by atoms with Crippen LogP contribution in [0.5, 0.6) is 0 Å². The Morgan fingerprint density at radius 2 is 0.506 bits per heavy atom. The van der Waals surface area contributed by atoms with Crippen LogP contribution < -0.4 is 0 Å². The van der Waals surface area contributed by atoms with Crippen LogP contribution in [0.2, 0.25) is 0 Å². The maximum atomic E-state index is 12.9. The van der Waals surface area contributed by atoms with Gasteiger partial charge in [-0.25, -0.2) is 0 Å². The lowest BCUT2D eigenvalue weighted by molar-refractivity contribution is -0.167. The topological polar surface area (TPSA) is 78.9 Å². The first-order valence-corrected chi connectivity index (χ1v) is 33.1. The molecular formula is C71H124O6. The van der Waals surface area contributed by atoms with E-state index in [1.807, 2.05) is 0 Å². The molecule has 6 heteroatoms. The van der Waals surface area contributed by atoms with Crippen LogP contribution in [0.25, 0.3) is 0 Å². The molecule has 0 spiro atoms. The van der Waals surface area contributed by atoms with Gasteiger partial charge in [0.15, 0.2) is 6.10 Å². The Hall–Kier alpha value is -3.41. The average molecular weight is 1070 g/mol. The monoisotopic (exact) mass is 1070 g/mol. The molecule has 0 amide bonds. The van der Waals surface area contributed by atoms with Gasteiger partial charge >= 0.3 is 17.9 Å². The van der Waals surface area contributed by atoms with E-state index in [0.29, 0.717) is 19.3 Å². The standard InChI is InChI=1S/C71H124O6/c1-4-7-10-13-16-19-22-25-27-29-31-33-34-35-36-38-39-41-43-46-49-52-55-58-61-64-70(73)76-67-68(66-75-69(72)63-60-57-54-51-48-45-24-21-18-15-12-9-6-3)77-71(74)65-62-59-56-53-50-47-44-42-40-37-32-30-28-26-23-20-17-14-11-8-5-2/h8,11,17,20,22,25-26,28-29,31-32,37,42,44,68H,4-7,9-10,12-16,18-19,21,23-24,27,30,33-36,38-41,43,45-67H2,1-3H3/b11-8-,20-17-,25-22-,28-26-,31-29-,37-32-,44-42-. The highest BCUT2D eigenvalue weighted by Crippen LogP contribution is 2.17. The number of hydrogen-bond acceptors (Lipinski definition) is 6. The molecular weight excluding hydrogens is 949 g/mol. The zero-order chi connectivity index (χ0) is 55.7. The van der Waals surface area contributed by atoms with Crippen molar-refractivity contribution in [3.05, 3.63) is 85.1 Å². The molecule has 0 aliphatic carbocycles. The van der Waals surface area contributed by atoms with Crippen LogP contribution in [0.4, 0.5) is 0 Å². The summed E-state index contributed by atoms with van der Waals surface area (Å²) in [4.78, 5) is 38.3. The lowest BCUT2D eigenvalue weighted by Gasteiger charge is -2.18. The molecule has 77 heavy (non-hydrogen) atoms. The highest BCUT2D eigenvalue weighted by atomic mass is 16.6. The maximum absolute atomic E-state index is 12.9. The molecule has 0 fully saturated rings. The molecule has 0 saturated heterocycles. The van der Waals surface area contributed by atoms with Gasteiger partial charge < -0.3 is 14.2 Å². The van der Waals surface area contributed by atoms with Gasteiger partial charge in [0.25, 0.3) is 0 Å². The van der Waals surface area contributed by atoms with Gasteiger partial charge in [-0.3, -0.25) is 14.4 Å². The van der Waals surface area contributed by atoms with E-state index < -0.39 is 6.10 Å². The van der Waals surface area contributed by atoms with E-state index in [1.54, 1.807) is 0 Å². The summed E-state index contributed by atoms with van der Waals surface area (Å²) in [5.74, 6) is -0.886. The number of unbranched alkanes of at least 4 members (excludes halogenated alkanes) is 35. The van der Waals surface area contributed by atoms with Gasteiger partial charge in [0, 0.05) is 19.3 Å². The van der Waals surface area contributed by atoms with Crippen LogP contribution >= 0.6 is 0 Å². The second-order valence-electron chi connectivity index (χ2n) is 22.0. The van der Waals surface area contributed by atoms with Crippen LogP contribution in [0.3, 0.4) is 0 Å². The molecule has 0 aliphatic heterocycles. The molecule has 0 aromatic heterocycles. The fourth-order valence-corrected chi connectivity index (χ4v) is 9.44.